The van der Waals surface area contributed by atoms with Gasteiger partial charge in [0.1, 0.15) is 6.04 Å². The maximum absolute atomic E-state index is 12.8. The van der Waals surface area contributed by atoms with Crippen LogP contribution < -0.4 is 0 Å². The molecule has 0 aromatic heterocycles. The summed E-state index contributed by atoms with van der Waals surface area (Å²) >= 11 is 0. The molecular formula is C8H11F2N3O2. The molecule has 1 N–H and O–H groups in total. The SMILES string of the molecule is [N-]=[N+]=NC(C(=O)O)C1CCC(F)(F)CC1. The number of carbonyl (C=O) groups is 1. The first-order chi connectivity index (χ1) is 6.96. The van der Waals surface area contributed by atoms with E-state index in [0.717, 1.165) is 0 Å². The summed E-state index contributed by atoms with van der Waals surface area (Å²) in [6.45, 7) is 0. The summed E-state index contributed by atoms with van der Waals surface area (Å²) in [5, 5.41) is 11.9. The number of carboxylic acids is 1. The van der Waals surface area contributed by atoms with Crippen molar-refractivity contribution < 1.29 is 18.7 Å². The van der Waals surface area contributed by atoms with Crippen LogP contribution in [0.3, 0.4) is 0 Å². The molecule has 0 aromatic carbocycles. The first-order valence-corrected chi connectivity index (χ1v) is 4.61. The van der Waals surface area contributed by atoms with Crippen molar-refractivity contribution in [3.63, 3.8) is 0 Å². The van der Waals surface area contributed by atoms with Crippen LogP contribution in [-0.2, 0) is 4.79 Å². The summed E-state index contributed by atoms with van der Waals surface area (Å²) in [4.78, 5) is 13.1. The minimum absolute atomic E-state index is 0.0863. The molecule has 5 nitrogen and oxygen atoms in total. The lowest BCUT2D eigenvalue weighted by Crippen LogP contribution is -2.34. The van der Waals surface area contributed by atoms with Crippen LogP contribution in [0, 0.1) is 5.92 Å². The van der Waals surface area contributed by atoms with E-state index in [1.54, 1.807) is 0 Å². The Morgan fingerprint density at radius 1 is 1.53 bits per heavy atom. The zero-order valence-electron chi connectivity index (χ0n) is 7.94. The zero-order valence-corrected chi connectivity index (χ0v) is 7.94. The molecule has 84 valence electrons. The summed E-state index contributed by atoms with van der Waals surface area (Å²) in [7, 11) is 0. The van der Waals surface area contributed by atoms with E-state index in [2.05, 4.69) is 10.0 Å². The van der Waals surface area contributed by atoms with Crippen molar-refractivity contribution in [1.82, 2.24) is 0 Å². The van der Waals surface area contributed by atoms with Gasteiger partial charge in [-0.25, -0.2) is 8.78 Å². The molecule has 15 heavy (non-hydrogen) atoms. The highest BCUT2D eigenvalue weighted by atomic mass is 19.3. The van der Waals surface area contributed by atoms with E-state index in [4.69, 9.17) is 10.6 Å². The van der Waals surface area contributed by atoms with Crippen molar-refractivity contribution in [2.24, 2.45) is 11.0 Å². The van der Waals surface area contributed by atoms with Gasteiger partial charge in [-0.05, 0) is 24.3 Å². The Bertz CT molecular complexity index is 290. The molecule has 1 atom stereocenters. The van der Waals surface area contributed by atoms with Gasteiger partial charge in [-0.1, -0.05) is 5.11 Å². The van der Waals surface area contributed by atoms with E-state index in [-0.39, 0.29) is 25.7 Å². The summed E-state index contributed by atoms with van der Waals surface area (Å²) in [5.41, 5.74) is 8.17. The van der Waals surface area contributed by atoms with Gasteiger partial charge >= 0.3 is 5.97 Å². The number of aliphatic carboxylic acids is 1. The topological polar surface area (TPSA) is 86.1 Å². The maximum Gasteiger partial charge on any atom is 0.312 e. The minimum Gasteiger partial charge on any atom is -0.481 e. The second-order valence-electron chi connectivity index (χ2n) is 3.68. The van der Waals surface area contributed by atoms with Crippen molar-refractivity contribution in [3.05, 3.63) is 10.4 Å². The van der Waals surface area contributed by atoms with E-state index in [0.29, 0.717) is 0 Å². The number of hydrogen-bond donors (Lipinski definition) is 1. The first kappa shape index (κ1) is 11.7. The predicted octanol–water partition coefficient (Wildman–Crippen LogP) is 2.58. The van der Waals surface area contributed by atoms with Crippen LogP contribution in [0.1, 0.15) is 25.7 Å². The Labute approximate surface area is 84.7 Å². The maximum atomic E-state index is 12.8. The van der Waals surface area contributed by atoms with Crippen molar-refractivity contribution in [2.45, 2.75) is 37.6 Å². The molecule has 1 aliphatic carbocycles. The monoisotopic (exact) mass is 219 g/mol. The lowest BCUT2D eigenvalue weighted by Gasteiger charge is -2.29. The Hall–Kier alpha value is -1.36. The number of hydrogen-bond acceptors (Lipinski definition) is 2. The fourth-order valence-electron chi connectivity index (χ4n) is 1.78. The van der Waals surface area contributed by atoms with Gasteiger partial charge in [0.25, 0.3) is 0 Å². The summed E-state index contributed by atoms with van der Waals surface area (Å²) < 4.78 is 25.6. The normalized spacial score (nSPS) is 22.8. The molecule has 0 bridgehead atoms. The summed E-state index contributed by atoms with van der Waals surface area (Å²) in [6.07, 6.45) is -0.489. The first-order valence-electron chi connectivity index (χ1n) is 4.61. The molecule has 1 saturated carbocycles. The molecule has 0 spiro atoms. The highest BCUT2D eigenvalue weighted by Crippen LogP contribution is 2.38. The van der Waals surface area contributed by atoms with Gasteiger partial charge in [0.05, 0.1) is 0 Å². The Morgan fingerprint density at radius 3 is 2.47 bits per heavy atom. The lowest BCUT2D eigenvalue weighted by atomic mass is 9.82. The van der Waals surface area contributed by atoms with Crippen molar-refractivity contribution in [2.75, 3.05) is 0 Å². The number of halogens is 2. The average Bonchev–Trinajstić information content (AvgIpc) is 2.14. The van der Waals surface area contributed by atoms with E-state index >= 15 is 0 Å². The average molecular weight is 219 g/mol. The third-order valence-electron chi connectivity index (χ3n) is 2.64. The number of alkyl halides is 2. The molecule has 7 heteroatoms. The number of nitrogens with zero attached hydrogens (tertiary/aromatic N) is 3. The van der Waals surface area contributed by atoms with Gasteiger partial charge in [0.15, 0.2) is 0 Å². The van der Waals surface area contributed by atoms with Gasteiger partial charge in [0, 0.05) is 17.8 Å². The largest absolute Gasteiger partial charge is 0.481 e. The van der Waals surface area contributed by atoms with Crippen LogP contribution in [0.2, 0.25) is 0 Å². The molecule has 0 saturated heterocycles. The van der Waals surface area contributed by atoms with Crippen LogP contribution in [-0.4, -0.2) is 23.0 Å². The molecular weight excluding hydrogens is 208 g/mol. The van der Waals surface area contributed by atoms with Crippen LogP contribution in [0.15, 0.2) is 5.11 Å². The quantitative estimate of drug-likeness (QED) is 0.449. The second-order valence-corrected chi connectivity index (χ2v) is 3.68. The molecule has 1 aliphatic rings. The Balaban J connectivity index is 2.64. The highest BCUT2D eigenvalue weighted by Gasteiger charge is 2.39. The third kappa shape index (κ3) is 3.06. The molecule has 1 rings (SSSR count). The van der Waals surface area contributed by atoms with Crippen LogP contribution in [0.25, 0.3) is 10.4 Å². The smallest absolute Gasteiger partial charge is 0.312 e. The number of carboxylic acid groups (broad SMARTS) is 1. The van der Waals surface area contributed by atoms with Crippen LogP contribution in [0.4, 0.5) is 8.78 Å². The van der Waals surface area contributed by atoms with Gasteiger partial charge in [-0.3, -0.25) is 4.79 Å². The number of rotatable bonds is 3. The van der Waals surface area contributed by atoms with Gasteiger partial charge in [-0.15, -0.1) is 0 Å². The number of azide groups is 1. The summed E-state index contributed by atoms with van der Waals surface area (Å²) in [5.74, 6) is -4.42. The van der Waals surface area contributed by atoms with Gasteiger partial charge < -0.3 is 5.11 Å². The Morgan fingerprint density at radius 2 is 2.07 bits per heavy atom. The third-order valence-corrected chi connectivity index (χ3v) is 2.64. The molecule has 0 heterocycles. The van der Waals surface area contributed by atoms with E-state index in [1.165, 1.54) is 0 Å². The minimum atomic E-state index is -2.70. The van der Waals surface area contributed by atoms with Gasteiger partial charge in [-0.2, -0.15) is 0 Å². The standard InChI is InChI=1S/C8H11F2N3O2/c9-8(10)3-1-5(2-4-8)6(7(14)15)12-13-11/h5-6H,1-4H2,(H,14,15). The van der Waals surface area contributed by atoms with Crippen LogP contribution >= 0.6 is 0 Å². The Kier molecular flexibility index (Phi) is 3.47. The van der Waals surface area contributed by atoms with Crippen LogP contribution in [0.5, 0.6) is 0 Å². The zero-order chi connectivity index (χ0) is 11.5. The molecule has 0 radical (unpaired) electrons. The van der Waals surface area contributed by atoms with Crippen molar-refractivity contribution in [3.8, 4) is 0 Å². The van der Waals surface area contributed by atoms with E-state index in [9.17, 15) is 13.6 Å². The predicted molar refractivity (Wildman–Crippen MR) is 47.5 cm³/mol. The fraction of sp³-hybridized carbons (Fsp3) is 0.875. The molecule has 0 aromatic rings. The molecule has 0 amide bonds. The van der Waals surface area contributed by atoms with Crippen molar-refractivity contribution >= 4 is 5.97 Å². The van der Waals surface area contributed by atoms with E-state index < -0.39 is 23.9 Å². The van der Waals surface area contributed by atoms with E-state index in [1.807, 2.05) is 0 Å². The molecule has 0 aliphatic heterocycles. The van der Waals surface area contributed by atoms with Gasteiger partial charge in [0.2, 0.25) is 5.92 Å². The lowest BCUT2D eigenvalue weighted by molar-refractivity contribution is -0.141. The van der Waals surface area contributed by atoms with Crippen molar-refractivity contribution in [1.29, 1.82) is 0 Å². The summed E-state index contributed by atoms with van der Waals surface area (Å²) in [6, 6.07) is -1.22. The second kappa shape index (κ2) is 4.44. The molecule has 1 fully saturated rings. The highest BCUT2D eigenvalue weighted by molar-refractivity contribution is 5.74. The molecule has 1 unspecified atom stereocenters. The fourth-order valence-corrected chi connectivity index (χ4v) is 1.78.